The minimum atomic E-state index is -0.476. The zero-order valence-corrected chi connectivity index (χ0v) is 15.5. The molecule has 1 unspecified atom stereocenters. The van der Waals surface area contributed by atoms with E-state index in [1.807, 2.05) is 52.8 Å². The third kappa shape index (κ3) is 3.35. The second kappa shape index (κ2) is 6.75. The maximum Gasteiger partial charge on any atom is 0.261 e. The summed E-state index contributed by atoms with van der Waals surface area (Å²) in [6.07, 6.45) is 0.830. The first-order chi connectivity index (χ1) is 11.2. The molecule has 5 nitrogen and oxygen atoms in total. The lowest BCUT2D eigenvalue weighted by molar-refractivity contribution is -0.140. The molecular weight excluding hydrogens is 302 g/mol. The molecule has 1 amide bonds. The van der Waals surface area contributed by atoms with Crippen molar-refractivity contribution in [2.45, 2.75) is 53.6 Å². The Labute approximate surface area is 143 Å². The summed E-state index contributed by atoms with van der Waals surface area (Å²) in [4.78, 5) is 31.9. The van der Waals surface area contributed by atoms with Gasteiger partial charge in [0.05, 0.1) is 16.9 Å². The highest BCUT2D eigenvalue weighted by molar-refractivity contribution is 5.82. The van der Waals surface area contributed by atoms with E-state index in [4.69, 9.17) is 4.98 Å². The minimum absolute atomic E-state index is 0.0282. The van der Waals surface area contributed by atoms with Crippen molar-refractivity contribution in [1.29, 1.82) is 0 Å². The van der Waals surface area contributed by atoms with Crippen molar-refractivity contribution in [3.8, 4) is 0 Å². The van der Waals surface area contributed by atoms with Crippen molar-refractivity contribution < 1.29 is 4.79 Å². The second-order valence-corrected chi connectivity index (χ2v) is 7.29. The van der Waals surface area contributed by atoms with Crippen molar-refractivity contribution in [2.24, 2.45) is 5.41 Å². The quantitative estimate of drug-likeness (QED) is 0.864. The highest BCUT2D eigenvalue weighted by Crippen LogP contribution is 2.24. The van der Waals surface area contributed by atoms with Gasteiger partial charge in [-0.1, -0.05) is 39.8 Å². The number of benzene rings is 1. The third-order valence-corrected chi connectivity index (χ3v) is 4.25. The van der Waals surface area contributed by atoms with E-state index < -0.39 is 5.41 Å². The van der Waals surface area contributed by atoms with E-state index in [0.29, 0.717) is 23.3 Å². The topological polar surface area (TPSA) is 55.2 Å². The molecule has 24 heavy (non-hydrogen) atoms. The number of aromatic nitrogens is 2. The van der Waals surface area contributed by atoms with Crippen LogP contribution in [0.4, 0.5) is 0 Å². The van der Waals surface area contributed by atoms with Gasteiger partial charge in [-0.2, -0.15) is 0 Å². The monoisotopic (exact) mass is 329 g/mol. The Morgan fingerprint density at radius 2 is 1.92 bits per heavy atom. The Kier molecular flexibility index (Phi) is 5.11. The van der Waals surface area contributed by atoms with Gasteiger partial charge in [-0.05, 0) is 25.5 Å². The van der Waals surface area contributed by atoms with Crippen molar-refractivity contribution >= 4 is 16.8 Å². The maximum absolute atomic E-state index is 12.9. The third-order valence-electron chi connectivity index (χ3n) is 4.25. The van der Waals surface area contributed by atoms with Gasteiger partial charge in [-0.15, -0.1) is 0 Å². The van der Waals surface area contributed by atoms with Crippen LogP contribution in [0, 0.1) is 5.41 Å². The molecule has 2 aromatic rings. The van der Waals surface area contributed by atoms with Gasteiger partial charge in [0.1, 0.15) is 5.82 Å². The van der Waals surface area contributed by atoms with Crippen LogP contribution < -0.4 is 5.56 Å². The molecule has 5 heteroatoms. The summed E-state index contributed by atoms with van der Waals surface area (Å²) in [5.41, 5.74) is 0.157. The number of carbonyl (C=O) groups excluding carboxylic acids is 1. The average molecular weight is 329 g/mol. The number of fused-ring (bicyclic) bond motifs is 1. The molecule has 0 saturated heterocycles. The summed E-state index contributed by atoms with van der Waals surface area (Å²) in [5.74, 6) is 0.668. The minimum Gasteiger partial charge on any atom is -0.335 e. The fraction of sp³-hybridized carbons (Fsp3) is 0.526. The van der Waals surface area contributed by atoms with Crippen molar-refractivity contribution in [2.75, 3.05) is 7.05 Å². The van der Waals surface area contributed by atoms with Gasteiger partial charge in [-0.25, -0.2) is 4.98 Å². The molecule has 1 aromatic heterocycles. The average Bonchev–Trinajstić information content (AvgIpc) is 2.54. The number of nitrogens with zero attached hydrogens (tertiary/aromatic N) is 3. The van der Waals surface area contributed by atoms with Crippen molar-refractivity contribution in [1.82, 2.24) is 14.5 Å². The summed E-state index contributed by atoms with van der Waals surface area (Å²) in [5, 5.41) is 0.617. The first kappa shape index (κ1) is 18.2. The van der Waals surface area contributed by atoms with Crippen LogP contribution in [0.25, 0.3) is 10.9 Å². The van der Waals surface area contributed by atoms with E-state index >= 15 is 0 Å². The van der Waals surface area contributed by atoms with Crippen LogP contribution in [-0.4, -0.2) is 27.4 Å². The van der Waals surface area contributed by atoms with E-state index in [2.05, 4.69) is 0 Å². The molecule has 0 N–H and O–H groups in total. The lowest BCUT2D eigenvalue weighted by Crippen LogP contribution is -2.40. The molecule has 0 saturated carbocycles. The van der Waals surface area contributed by atoms with Gasteiger partial charge in [-0.3, -0.25) is 14.2 Å². The van der Waals surface area contributed by atoms with Crippen LogP contribution in [0.2, 0.25) is 0 Å². The molecule has 0 bridgehead atoms. The van der Waals surface area contributed by atoms with Gasteiger partial charge >= 0.3 is 0 Å². The standard InChI is InChI=1S/C19H27N3O2/c1-7-12-22-16(13(2)21(6)18(24)19(3,4)5)20-15-11-9-8-10-14(15)17(22)23/h8-11,13H,7,12H2,1-6H3. The Hall–Kier alpha value is -2.17. The highest BCUT2D eigenvalue weighted by Gasteiger charge is 2.30. The fourth-order valence-electron chi connectivity index (χ4n) is 2.82. The maximum atomic E-state index is 12.9. The summed E-state index contributed by atoms with van der Waals surface area (Å²) in [6, 6.07) is 7.09. The van der Waals surface area contributed by atoms with Crippen LogP contribution in [0.1, 0.15) is 52.9 Å². The molecule has 130 valence electrons. The molecule has 1 heterocycles. The normalized spacial score (nSPS) is 13.1. The molecule has 0 spiro atoms. The molecule has 1 atom stereocenters. The predicted octanol–water partition coefficient (Wildman–Crippen LogP) is 3.37. The molecule has 0 aliphatic rings. The number of rotatable bonds is 4. The zero-order chi connectivity index (χ0) is 18.1. The Morgan fingerprint density at radius 1 is 1.29 bits per heavy atom. The predicted molar refractivity (Wildman–Crippen MR) is 96.9 cm³/mol. The Morgan fingerprint density at radius 3 is 2.50 bits per heavy atom. The van der Waals surface area contributed by atoms with Gasteiger partial charge in [0, 0.05) is 19.0 Å². The van der Waals surface area contributed by atoms with E-state index in [-0.39, 0.29) is 17.5 Å². The van der Waals surface area contributed by atoms with Gasteiger partial charge in [0.15, 0.2) is 0 Å². The Bertz CT molecular complexity index is 802. The number of amides is 1. The largest absolute Gasteiger partial charge is 0.335 e. The number of hydrogen-bond donors (Lipinski definition) is 0. The van der Waals surface area contributed by atoms with Crippen LogP contribution in [-0.2, 0) is 11.3 Å². The van der Waals surface area contributed by atoms with E-state index in [9.17, 15) is 9.59 Å². The zero-order valence-electron chi connectivity index (χ0n) is 15.5. The SMILES string of the molecule is CCCn1c(C(C)N(C)C(=O)C(C)(C)C)nc2ccccc2c1=O. The summed E-state index contributed by atoms with van der Waals surface area (Å²) in [7, 11) is 1.77. The van der Waals surface area contributed by atoms with E-state index in [1.54, 1.807) is 22.6 Å². The molecule has 2 rings (SSSR count). The van der Waals surface area contributed by atoms with Crippen LogP contribution in [0.3, 0.4) is 0 Å². The first-order valence-electron chi connectivity index (χ1n) is 8.45. The number of para-hydroxylation sites is 1. The molecule has 0 aliphatic heterocycles. The number of carbonyl (C=O) groups is 1. The van der Waals surface area contributed by atoms with Crippen LogP contribution >= 0.6 is 0 Å². The van der Waals surface area contributed by atoms with E-state index in [0.717, 1.165) is 6.42 Å². The van der Waals surface area contributed by atoms with Gasteiger partial charge < -0.3 is 4.90 Å². The molecule has 0 aliphatic carbocycles. The van der Waals surface area contributed by atoms with Crippen molar-refractivity contribution in [3.63, 3.8) is 0 Å². The van der Waals surface area contributed by atoms with Crippen LogP contribution in [0.15, 0.2) is 29.1 Å². The summed E-state index contributed by atoms with van der Waals surface area (Å²) < 4.78 is 1.71. The van der Waals surface area contributed by atoms with Gasteiger partial charge in [0.25, 0.3) is 5.56 Å². The first-order valence-corrected chi connectivity index (χ1v) is 8.45. The fourth-order valence-corrected chi connectivity index (χ4v) is 2.82. The Balaban J connectivity index is 2.60. The molecule has 0 fully saturated rings. The molecule has 1 aromatic carbocycles. The molecule has 0 radical (unpaired) electrons. The smallest absolute Gasteiger partial charge is 0.261 e. The summed E-state index contributed by atoms with van der Waals surface area (Å²) >= 11 is 0. The van der Waals surface area contributed by atoms with Crippen molar-refractivity contribution in [3.05, 3.63) is 40.4 Å². The van der Waals surface area contributed by atoms with E-state index in [1.165, 1.54) is 0 Å². The second-order valence-electron chi connectivity index (χ2n) is 7.29. The highest BCUT2D eigenvalue weighted by atomic mass is 16.2. The summed E-state index contributed by atoms with van der Waals surface area (Å²) in [6.45, 7) is 10.2. The lowest BCUT2D eigenvalue weighted by Gasteiger charge is -2.31. The van der Waals surface area contributed by atoms with Gasteiger partial charge in [0.2, 0.25) is 5.91 Å². The lowest BCUT2D eigenvalue weighted by atomic mass is 9.94. The van der Waals surface area contributed by atoms with Crippen LogP contribution in [0.5, 0.6) is 0 Å². The molecular formula is C19H27N3O2. The number of hydrogen-bond acceptors (Lipinski definition) is 3.